The minimum absolute atomic E-state index is 0.0467. The van der Waals surface area contributed by atoms with Crippen molar-refractivity contribution >= 4 is 23.2 Å². The second kappa shape index (κ2) is 5.86. The molecule has 2 aliphatic heterocycles. The van der Waals surface area contributed by atoms with Crippen LogP contribution < -0.4 is 4.74 Å². The molecular weight excluding hydrogens is 342 g/mol. The maximum Gasteiger partial charge on any atom is 0.335 e. The van der Waals surface area contributed by atoms with Gasteiger partial charge in [0.1, 0.15) is 12.4 Å². The normalized spacial score (nSPS) is 18.0. The molecule has 2 aliphatic rings. The number of hydrogen-bond donors (Lipinski definition) is 2. The number of para-hydroxylation sites is 1. The molecule has 1 aromatic carbocycles. The van der Waals surface area contributed by atoms with E-state index in [1.807, 2.05) is 30.3 Å². The standard InChI is InChI=1S/C18H17NO5S/c20-16(19-7-5-18(23,6-8-19)17(21)22)14-9-11-10-24-13-4-2-1-3-12(13)15(11)25-14/h1-4,9,23H,5-8,10H2,(H,21,22). The molecule has 1 saturated heterocycles. The molecule has 25 heavy (non-hydrogen) atoms. The first-order valence-corrected chi connectivity index (χ1v) is 8.89. The van der Waals surface area contributed by atoms with Gasteiger partial charge in [0.2, 0.25) is 0 Å². The van der Waals surface area contributed by atoms with Gasteiger partial charge < -0.3 is 19.8 Å². The van der Waals surface area contributed by atoms with Crippen molar-refractivity contribution in [2.75, 3.05) is 13.1 Å². The monoisotopic (exact) mass is 359 g/mol. The Kier molecular flexibility index (Phi) is 3.77. The lowest BCUT2D eigenvalue weighted by Crippen LogP contribution is -2.50. The smallest absolute Gasteiger partial charge is 0.335 e. The zero-order chi connectivity index (χ0) is 17.6. The number of hydrogen-bond acceptors (Lipinski definition) is 5. The van der Waals surface area contributed by atoms with Crippen LogP contribution in [0.2, 0.25) is 0 Å². The van der Waals surface area contributed by atoms with Crippen LogP contribution in [0.3, 0.4) is 0 Å². The zero-order valence-electron chi connectivity index (χ0n) is 13.4. The zero-order valence-corrected chi connectivity index (χ0v) is 14.2. The van der Waals surface area contributed by atoms with Crippen LogP contribution in [0.4, 0.5) is 0 Å². The molecule has 7 heteroatoms. The van der Waals surface area contributed by atoms with E-state index in [-0.39, 0.29) is 31.8 Å². The summed E-state index contributed by atoms with van der Waals surface area (Å²) in [4.78, 5) is 27.2. The van der Waals surface area contributed by atoms with Crippen molar-refractivity contribution in [3.05, 3.63) is 40.8 Å². The van der Waals surface area contributed by atoms with Crippen molar-refractivity contribution in [3.8, 4) is 16.2 Å². The molecule has 0 unspecified atom stereocenters. The molecule has 0 bridgehead atoms. The van der Waals surface area contributed by atoms with Gasteiger partial charge in [-0.15, -0.1) is 11.3 Å². The van der Waals surface area contributed by atoms with E-state index in [4.69, 9.17) is 9.84 Å². The molecule has 3 heterocycles. The van der Waals surface area contributed by atoms with Gasteiger partial charge in [-0.1, -0.05) is 12.1 Å². The third kappa shape index (κ3) is 2.69. The molecule has 2 N–H and O–H groups in total. The molecule has 130 valence electrons. The van der Waals surface area contributed by atoms with Crippen molar-refractivity contribution in [1.29, 1.82) is 0 Å². The van der Waals surface area contributed by atoms with Crippen LogP contribution in [-0.2, 0) is 11.4 Å². The molecule has 0 spiro atoms. The number of carbonyl (C=O) groups excluding carboxylic acids is 1. The molecule has 4 rings (SSSR count). The lowest BCUT2D eigenvalue weighted by molar-refractivity contribution is -0.162. The summed E-state index contributed by atoms with van der Waals surface area (Å²) in [5.41, 5.74) is 0.260. The Morgan fingerprint density at radius 2 is 1.92 bits per heavy atom. The highest BCUT2D eigenvalue weighted by Crippen LogP contribution is 2.42. The molecule has 0 radical (unpaired) electrons. The summed E-state index contributed by atoms with van der Waals surface area (Å²) < 4.78 is 5.73. The van der Waals surface area contributed by atoms with Crippen molar-refractivity contribution in [2.45, 2.75) is 25.0 Å². The number of thiophene rings is 1. The predicted octanol–water partition coefficient (Wildman–Crippen LogP) is 2.36. The molecule has 6 nitrogen and oxygen atoms in total. The van der Waals surface area contributed by atoms with E-state index in [0.717, 1.165) is 21.8 Å². The quantitative estimate of drug-likeness (QED) is 0.860. The van der Waals surface area contributed by atoms with E-state index in [1.165, 1.54) is 11.3 Å². The number of carboxylic acid groups (broad SMARTS) is 1. The number of aliphatic carboxylic acids is 1. The van der Waals surface area contributed by atoms with Gasteiger partial charge >= 0.3 is 5.97 Å². The van der Waals surface area contributed by atoms with E-state index in [2.05, 4.69) is 0 Å². The average Bonchev–Trinajstić information content (AvgIpc) is 3.06. The second-order valence-electron chi connectivity index (χ2n) is 6.38. The fourth-order valence-electron chi connectivity index (χ4n) is 3.25. The predicted molar refractivity (Wildman–Crippen MR) is 91.8 cm³/mol. The summed E-state index contributed by atoms with van der Waals surface area (Å²) in [6.45, 7) is 0.906. The molecule has 1 fully saturated rings. The molecular formula is C18H17NO5S. The number of carboxylic acids is 1. The number of piperidine rings is 1. The van der Waals surface area contributed by atoms with Gasteiger partial charge in [-0.05, 0) is 18.2 Å². The van der Waals surface area contributed by atoms with Gasteiger partial charge in [0.25, 0.3) is 5.91 Å². The first-order chi connectivity index (χ1) is 12.0. The lowest BCUT2D eigenvalue weighted by Gasteiger charge is -2.35. The number of fused-ring (bicyclic) bond motifs is 3. The fourth-order valence-corrected chi connectivity index (χ4v) is 4.42. The van der Waals surface area contributed by atoms with Gasteiger partial charge in [0.15, 0.2) is 5.60 Å². The number of nitrogens with zero attached hydrogens (tertiary/aromatic N) is 1. The van der Waals surface area contributed by atoms with Gasteiger partial charge in [0, 0.05) is 41.9 Å². The lowest BCUT2D eigenvalue weighted by atomic mass is 9.91. The van der Waals surface area contributed by atoms with E-state index in [1.54, 1.807) is 4.90 Å². The number of benzene rings is 1. The Labute approximate surface area is 148 Å². The summed E-state index contributed by atoms with van der Waals surface area (Å²) in [5.74, 6) is -0.524. The fraction of sp³-hybridized carbons (Fsp3) is 0.333. The third-order valence-electron chi connectivity index (χ3n) is 4.81. The highest BCUT2D eigenvalue weighted by Gasteiger charge is 2.40. The second-order valence-corrected chi connectivity index (χ2v) is 7.43. The summed E-state index contributed by atoms with van der Waals surface area (Å²) in [6.07, 6.45) is 0.0935. The maximum absolute atomic E-state index is 12.8. The highest BCUT2D eigenvalue weighted by molar-refractivity contribution is 7.17. The Balaban J connectivity index is 1.56. The molecule has 0 atom stereocenters. The van der Waals surface area contributed by atoms with Crippen LogP contribution in [0.25, 0.3) is 10.4 Å². The number of carbonyl (C=O) groups is 2. The van der Waals surface area contributed by atoms with Crippen molar-refractivity contribution in [1.82, 2.24) is 4.90 Å². The topological polar surface area (TPSA) is 87.1 Å². The van der Waals surface area contributed by atoms with Gasteiger partial charge in [0.05, 0.1) is 4.88 Å². The number of amides is 1. The Bertz CT molecular complexity index is 851. The minimum Gasteiger partial charge on any atom is -0.488 e. The summed E-state index contributed by atoms with van der Waals surface area (Å²) >= 11 is 1.44. The van der Waals surface area contributed by atoms with Crippen molar-refractivity contribution in [2.24, 2.45) is 0 Å². The van der Waals surface area contributed by atoms with Crippen LogP contribution in [0, 0.1) is 0 Å². The Morgan fingerprint density at radius 1 is 1.20 bits per heavy atom. The van der Waals surface area contributed by atoms with E-state index < -0.39 is 11.6 Å². The summed E-state index contributed by atoms with van der Waals surface area (Å²) in [6, 6.07) is 9.61. The largest absolute Gasteiger partial charge is 0.488 e. The van der Waals surface area contributed by atoms with Crippen LogP contribution in [0.5, 0.6) is 5.75 Å². The molecule has 0 saturated carbocycles. The van der Waals surface area contributed by atoms with Crippen molar-refractivity contribution in [3.63, 3.8) is 0 Å². The SMILES string of the molecule is O=C(c1cc2c(s1)-c1ccccc1OC2)N1CCC(O)(C(=O)O)CC1. The van der Waals surface area contributed by atoms with E-state index in [0.29, 0.717) is 11.5 Å². The average molecular weight is 359 g/mol. The summed E-state index contributed by atoms with van der Waals surface area (Å²) in [5, 5.41) is 19.1. The molecule has 1 aromatic heterocycles. The molecule has 2 aromatic rings. The van der Waals surface area contributed by atoms with E-state index >= 15 is 0 Å². The number of ether oxygens (including phenoxy) is 1. The Hall–Kier alpha value is -2.38. The number of likely N-dealkylation sites (tertiary alicyclic amines) is 1. The number of aliphatic hydroxyl groups is 1. The van der Waals surface area contributed by atoms with Gasteiger partial charge in [-0.3, -0.25) is 4.79 Å². The Morgan fingerprint density at radius 3 is 2.64 bits per heavy atom. The molecule has 1 amide bonds. The first kappa shape index (κ1) is 16.1. The van der Waals surface area contributed by atoms with Crippen LogP contribution >= 0.6 is 11.3 Å². The van der Waals surface area contributed by atoms with Gasteiger partial charge in [-0.2, -0.15) is 0 Å². The number of rotatable bonds is 2. The van der Waals surface area contributed by atoms with E-state index in [9.17, 15) is 14.7 Å². The van der Waals surface area contributed by atoms with Gasteiger partial charge in [-0.25, -0.2) is 4.79 Å². The van der Waals surface area contributed by atoms with Crippen molar-refractivity contribution < 1.29 is 24.5 Å². The highest BCUT2D eigenvalue weighted by atomic mass is 32.1. The first-order valence-electron chi connectivity index (χ1n) is 8.08. The summed E-state index contributed by atoms with van der Waals surface area (Å²) in [7, 11) is 0. The van der Waals surface area contributed by atoms with Crippen LogP contribution in [-0.4, -0.2) is 45.7 Å². The third-order valence-corrected chi connectivity index (χ3v) is 6.01. The maximum atomic E-state index is 12.8. The minimum atomic E-state index is -1.72. The van der Waals surface area contributed by atoms with Crippen LogP contribution in [0.15, 0.2) is 30.3 Å². The molecule has 0 aliphatic carbocycles. The van der Waals surface area contributed by atoms with Crippen LogP contribution in [0.1, 0.15) is 28.1 Å².